The number of nitrogens with zero attached hydrogens (tertiary/aromatic N) is 5. The zero-order valence-corrected chi connectivity index (χ0v) is 16.7. The number of halogens is 2. The molecule has 3 aliphatic rings. The average Bonchev–Trinajstić information content (AvgIpc) is 3.04. The van der Waals surface area contributed by atoms with Crippen LogP contribution in [0.25, 0.3) is 5.69 Å². The zero-order chi connectivity index (χ0) is 21.4. The van der Waals surface area contributed by atoms with Gasteiger partial charge < -0.3 is 9.69 Å². The van der Waals surface area contributed by atoms with Crippen molar-refractivity contribution in [3.8, 4) is 5.69 Å². The van der Waals surface area contributed by atoms with Crippen molar-refractivity contribution in [1.29, 1.82) is 0 Å². The van der Waals surface area contributed by atoms with Crippen molar-refractivity contribution in [1.82, 2.24) is 14.7 Å². The lowest BCUT2D eigenvalue weighted by molar-refractivity contribution is -0.122. The van der Waals surface area contributed by atoms with E-state index in [-0.39, 0.29) is 34.2 Å². The molecule has 0 N–H and O–H groups in total. The maximum absolute atomic E-state index is 15.1. The second kappa shape index (κ2) is 5.90. The number of aromatic nitrogens is 2. The number of hydrogen-bond donors (Lipinski definition) is 0. The van der Waals surface area contributed by atoms with E-state index in [0.29, 0.717) is 19.1 Å². The van der Waals surface area contributed by atoms with Crippen molar-refractivity contribution in [2.24, 2.45) is 9.98 Å². The van der Waals surface area contributed by atoms with Crippen LogP contribution in [0.1, 0.15) is 44.7 Å². The number of benzene rings is 1. The summed E-state index contributed by atoms with van der Waals surface area (Å²) in [7, 11) is 0. The van der Waals surface area contributed by atoms with E-state index in [9.17, 15) is 9.59 Å². The van der Waals surface area contributed by atoms with E-state index in [1.807, 2.05) is 20.8 Å². The second-order valence-electron chi connectivity index (χ2n) is 8.90. The van der Waals surface area contributed by atoms with E-state index in [4.69, 9.17) is 0 Å². The number of fused-ring (bicyclic) bond motifs is 2. The molecule has 1 aromatic heterocycles. The van der Waals surface area contributed by atoms with Crippen LogP contribution in [0.5, 0.6) is 0 Å². The summed E-state index contributed by atoms with van der Waals surface area (Å²) in [6.07, 6.45) is 5.03. The third-order valence-electron chi connectivity index (χ3n) is 5.90. The molecule has 0 bridgehead atoms. The van der Waals surface area contributed by atoms with E-state index in [2.05, 4.69) is 15.1 Å². The minimum Gasteiger partial charge on any atom is -0.310 e. The topological polar surface area (TPSA) is 79.9 Å². The maximum atomic E-state index is 15.1. The lowest BCUT2D eigenvalue weighted by Crippen LogP contribution is -2.47. The fourth-order valence-electron chi connectivity index (χ4n) is 4.00. The molecule has 1 saturated carbocycles. The molecule has 7 nitrogen and oxygen atoms in total. The summed E-state index contributed by atoms with van der Waals surface area (Å²) in [5, 5.41) is 4.21. The highest BCUT2D eigenvalue weighted by Gasteiger charge is 2.64. The summed E-state index contributed by atoms with van der Waals surface area (Å²) in [6.45, 7) is 6.05. The van der Waals surface area contributed by atoms with E-state index in [0.717, 1.165) is 17.7 Å². The fourth-order valence-corrected chi connectivity index (χ4v) is 4.00. The third kappa shape index (κ3) is 2.50. The Balaban J connectivity index is 1.56. The van der Waals surface area contributed by atoms with Crippen molar-refractivity contribution < 1.29 is 18.4 Å². The Morgan fingerprint density at radius 1 is 1.17 bits per heavy atom. The molecule has 3 heterocycles. The van der Waals surface area contributed by atoms with Crippen molar-refractivity contribution in [3.63, 3.8) is 0 Å². The minimum atomic E-state index is -1.05. The Morgan fingerprint density at radius 3 is 2.37 bits per heavy atom. The van der Waals surface area contributed by atoms with Crippen LogP contribution in [-0.4, -0.2) is 50.1 Å². The summed E-state index contributed by atoms with van der Waals surface area (Å²) < 4.78 is 31.5. The van der Waals surface area contributed by atoms with Crippen LogP contribution in [0.4, 0.5) is 8.78 Å². The summed E-state index contributed by atoms with van der Waals surface area (Å²) >= 11 is 0. The molecule has 1 atom stereocenters. The molecule has 0 radical (unpaired) electrons. The van der Waals surface area contributed by atoms with Crippen LogP contribution in [0, 0.1) is 11.6 Å². The van der Waals surface area contributed by atoms with E-state index < -0.39 is 23.2 Å². The number of guanidine groups is 1. The first kappa shape index (κ1) is 18.8. The summed E-state index contributed by atoms with van der Waals surface area (Å²) in [5.41, 5.74) is -0.353. The normalized spacial score (nSPS) is 21.7. The Bertz CT molecular complexity index is 1150. The fraction of sp³-hybridized carbons (Fsp3) is 0.381. The molecule has 154 valence electrons. The lowest BCUT2D eigenvalue weighted by atomic mass is 9.90. The molecule has 2 aromatic rings. The quantitative estimate of drug-likeness (QED) is 0.727. The molecule has 30 heavy (non-hydrogen) atoms. The molecular weight excluding hydrogens is 392 g/mol. The first-order chi connectivity index (χ1) is 14.2. The highest BCUT2D eigenvalue weighted by Crippen LogP contribution is 2.49. The second-order valence-corrected chi connectivity index (χ2v) is 8.90. The highest BCUT2D eigenvalue weighted by atomic mass is 19.1. The van der Waals surface area contributed by atoms with Gasteiger partial charge in [0.05, 0.1) is 23.2 Å². The first-order valence-electron chi connectivity index (χ1n) is 9.67. The van der Waals surface area contributed by atoms with Gasteiger partial charge in [-0.3, -0.25) is 4.79 Å². The molecule has 1 fully saturated rings. The van der Waals surface area contributed by atoms with Crippen LogP contribution < -0.4 is 0 Å². The van der Waals surface area contributed by atoms with Gasteiger partial charge in [-0.25, -0.2) is 18.5 Å². The van der Waals surface area contributed by atoms with Crippen molar-refractivity contribution in [2.45, 2.75) is 50.6 Å². The molecule has 1 aliphatic carbocycles. The predicted molar refractivity (Wildman–Crippen MR) is 105 cm³/mol. The molecule has 1 unspecified atom stereocenters. The van der Waals surface area contributed by atoms with E-state index >= 15 is 8.78 Å². The Kier molecular flexibility index (Phi) is 3.69. The number of rotatable bonds is 3. The van der Waals surface area contributed by atoms with Gasteiger partial charge in [0.1, 0.15) is 29.5 Å². The SMILES string of the molecule is CC(C)(C)c1cnn(-c2cc(F)c(C3=NC4=NC(=O)C5(CC5)N4C3C=O)c(F)c2)c1. The number of aliphatic imine (C=N–C) groups is 2. The molecule has 1 aromatic carbocycles. The van der Waals surface area contributed by atoms with Gasteiger partial charge in [0, 0.05) is 18.3 Å². The summed E-state index contributed by atoms with van der Waals surface area (Å²) in [6, 6.07) is 1.27. The van der Waals surface area contributed by atoms with Gasteiger partial charge in [0.15, 0.2) is 0 Å². The van der Waals surface area contributed by atoms with Gasteiger partial charge in [-0.05, 0) is 23.8 Å². The Morgan fingerprint density at radius 2 is 1.83 bits per heavy atom. The van der Waals surface area contributed by atoms with Crippen LogP contribution in [0.3, 0.4) is 0 Å². The van der Waals surface area contributed by atoms with Crippen LogP contribution in [0.2, 0.25) is 0 Å². The molecule has 9 heteroatoms. The number of amides is 1. The van der Waals surface area contributed by atoms with Gasteiger partial charge in [-0.1, -0.05) is 20.8 Å². The molecule has 1 amide bonds. The van der Waals surface area contributed by atoms with Gasteiger partial charge in [0.2, 0.25) is 5.96 Å². The molecular formula is C21H19F2N5O2. The van der Waals surface area contributed by atoms with Gasteiger partial charge in [-0.15, -0.1) is 0 Å². The van der Waals surface area contributed by atoms with Gasteiger partial charge in [-0.2, -0.15) is 10.1 Å². The third-order valence-corrected chi connectivity index (χ3v) is 5.90. The monoisotopic (exact) mass is 411 g/mol. The Hall–Kier alpha value is -3.23. The Labute approximate surface area is 171 Å². The lowest BCUT2D eigenvalue weighted by Gasteiger charge is -2.25. The molecule has 5 rings (SSSR count). The minimum absolute atomic E-state index is 0.0503. The highest BCUT2D eigenvalue weighted by molar-refractivity contribution is 6.25. The molecule has 1 spiro atoms. The van der Waals surface area contributed by atoms with E-state index in [1.165, 1.54) is 9.58 Å². The largest absolute Gasteiger partial charge is 0.310 e. The summed E-state index contributed by atoms with van der Waals surface area (Å²) in [4.78, 5) is 33.5. The molecule has 0 saturated heterocycles. The van der Waals surface area contributed by atoms with Gasteiger partial charge >= 0.3 is 0 Å². The van der Waals surface area contributed by atoms with Crippen LogP contribution >= 0.6 is 0 Å². The zero-order valence-electron chi connectivity index (χ0n) is 16.7. The van der Waals surface area contributed by atoms with Crippen molar-refractivity contribution in [2.75, 3.05) is 0 Å². The smallest absolute Gasteiger partial charge is 0.274 e. The van der Waals surface area contributed by atoms with Crippen molar-refractivity contribution >= 4 is 23.9 Å². The maximum Gasteiger partial charge on any atom is 0.274 e. The van der Waals surface area contributed by atoms with Crippen LogP contribution in [-0.2, 0) is 15.0 Å². The number of hydrogen-bond acceptors (Lipinski definition) is 5. The standard InChI is InChI=1S/C21H19F2N5O2/c1-20(2,3)11-8-24-27(9-11)12-6-13(22)16(14(23)7-12)17-15(10-29)28-19(25-17)26-18(30)21(28)4-5-21/h6-10,15H,4-5H2,1-3H3. The van der Waals surface area contributed by atoms with Gasteiger partial charge in [0.25, 0.3) is 5.91 Å². The average molecular weight is 411 g/mol. The predicted octanol–water partition coefficient (Wildman–Crippen LogP) is 2.55. The first-order valence-corrected chi connectivity index (χ1v) is 9.67. The number of carbonyl (C=O) groups excluding carboxylic acids is 2. The van der Waals surface area contributed by atoms with Crippen LogP contribution in [0.15, 0.2) is 34.5 Å². The molecule has 2 aliphatic heterocycles. The number of aldehydes is 1. The summed E-state index contributed by atoms with van der Waals surface area (Å²) in [5.74, 6) is -2.02. The van der Waals surface area contributed by atoms with Crippen molar-refractivity contribution in [3.05, 3.63) is 47.3 Å². The van der Waals surface area contributed by atoms with E-state index in [1.54, 1.807) is 12.4 Å². The number of carbonyl (C=O) groups is 2.